The Kier molecular flexibility index (Phi) is 8.09. The number of urea groups is 1. The lowest BCUT2D eigenvalue weighted by molar-refractivity contribution is -0.137. The molecule has 2 aliphatic heterocycles. The minimum Gasteiger partial charge on any atom is -0.320 e. The van der Waals surface area contributed by atoms with Gasteiger partial charge >= 0.3 is 12.2 Å². The van der Waals surface area contributed by atoms with E-state index in [1.54, 1.807) is 0 Å². The lowest BCUT2D eigenvalue weighted by Crippen LogP contribution is -2.47. The molecule has 0 radical (unpaired) electrons. The normalized spacial score (nSPS) is 18.8. The highest BCUT2D eigenvalue weighted by Crippen LogP contribution is 2.34. The third-order valence-electron chi connectivity index (χ3n) is 6.56. The minimum absolute atomic E-state index is 0.00203. The number of likely N-dealkylation sites (N-methyl/N-ethyl adjacent to an activating group) is 1. The first kappa shape index (κ1) is 28.0. The zero-order chi connectivity index (χ0) is 27.8. The number of pyridine rings is 1. The Bertz CT molecular complexity index is 1220. The van der Waals surface area contributed by atoms with Gasteiger partial charge in [-0.2, -0.15) is 13.2 Å². The standard InChI is InChI=1S/C24H26ClF5N6O2/c1-14-9-15(24(28,29)30)10-21(32-14)36-20(13-35(23(36)38)8-7-34-5-3-31-4-6-34)22(37)33(2)19-11-16(25)17(26)12-18(19)27/h9-12,20,31H,3-8,13H2,1-2H3/t20-/m0/s1. The van der Waals surface area contributed by atoms with Crippen LogP contribution < -0.4 is 15.1 Å². The maximum absolute atomic E-state index is 14.5. The van der Waals surface area contributed by atoms with E-state index in [2.05, 4.69) is 15.2 Å². The van der Waals surface area contributed by atoms with Gasteiger partial charge in [-0.3, -0.25) is 14.6 Å². The van der Waals surface area contributed by atoms with E-state index in [0.29, 0.717) is 18.7 Å². The van der Waals surface area contributed by atoms with Gasteiger partial charge in [0.2, 0.25) is 0 Å². The fraction of sp³-hybridized carbons (Fsp3) is 0.458. The Labute approximate surface area is 220 Å². The highest BCUT2D eigenvalue weighted by Gasteiger charge is 2.45. The van der Waals surface area contributed by atoms with Crippen LogP contribution in [0.15, 0.2) is 24.3 Å². The van der Waals surface area contributed by atoms with E-state index in [1.165, 1.54) is 18.9 Å². The fourth-order valence-electron chi connectivity index (χ4n) is 4.53. The molecule has 38 heavy (non-hydrogen) atoms. The molecular formula is C24H26ClF5N6O2. The van der Waals surface area contributed by atoms with E-state index < -0.39 is 46.4 Å². The molecule has 206 valence electrons. The number of carbonyl (C=O) groups excluding carboxylic acids is 2. The fourth-order valence-corrected chi connectivity index (χ4v) is 4.69. The number of hydrogen-bond acceptors (Lipinski definition) is 5. The number of anilines is 2. The first-order valence-electron chi connectivity index (χ1n) is 11.9. The first-order valence-corrected chi connectivity index (χ1v) is 12.2. The Morgan fingerprint density at radius 2 is 1.82 bits per heavy atom. The molecule has 3 heterocycles. The van der Waals surface area contributed by atoms with Crippen molar-refractivity contribution in [3.63, 3.8) is 0 Å². The summed E-state index contributed by atoms with van der Waals surface area (Å²) in [5.74, 6) is -3.24. The molecule has 2 aromatic rings. The molecule has 2 fully saturated rings. The lowest BCUT2D eigenvalue weighted by Gasteiger charge is -2.28. The summed E-state index contributed by atoms with van der Waals surface area (Å²) in [6.07, 6.45) is -4.71. The summed E-state index contributed by atoms with van der Waals surface area (Å²) in [7, 11) is 1.21. The van der Waals surface area contributed by atoms with Crippen molar-refractivity contribution in [1.82, 2.24) is 20.1 Å². The molecule has 14 heteroatoms. The topological polar surface area (TPSA) is 72.0 Å². The van der Waals surface area contributed by atoms with Crippen molar-refractivity contribution in [2.75, 3.05) is 62.7 Å². The predicted molar refractivity (Wildman–Crippen MR) is 131 cm³/mol. The van der Waals surface area contributed by atoms with E-state index in [9.17, 15) is 31.5 Å². The second kappa shape index (κ2) is 11.0. The number of amides is 3. The second-order valence-electron chi connectivity index (χ2n) is 9.17. The molecule has 3 amide bonds. The van der Waals surface area contributed by atoms with Gasteiger partial charge < -0.3 is 15.1 Å². The molecule has 8 nitrogen and oxygen atoms in total. The van der Waals surface area contributed by atoms with E-state index in [4.69, 9.17) is 11.6 Å². The number of alkyl halides is 3. The molecular weight excluding hydrogens is 535 g/mol. The van der Waals surface area contributed by atoms with Crippen LogP contribution in [0.2, 0.25) is 5.02 Å². The summed E-state index contributed by atoms with van der Waals surface area (Å²) in [6.45, 7) is 4.98. The van der Waals surface area contributed by atoms with Crippen LogP contribution >= 0.6 is 11.6 Å². The summed E-state index contributed by atoms with van der Waals surface area (Å²) < 4.78 is 68.8. The van der Waals surface area contributed by atoms with Crippen molar-refractivity contribution in [3.8, 4) is 0 Å². The van der Waals surface area contributed by atoms with Gasteiger partial charge in [0, 0.05) is 58.1 Å². The molecule has 1 aromatic carbocycles. The molecule has 1 atom stereocenters. The molecule has 4 rings (SSSR count). The highest BCUT2D eigenvalue weighted by molar-refractivity contribution is 6.31. The maximum atomic E-state index is 14.5. The molecule has 0 saturated carbocycles. The number of piperazine rings is 1. The SMILES string of the molecule is Cc1cc(C(F)(F)F)cc(N2C(=O)N(CCN3CCNCC3)C[C@H]2C(=O)N(C)c2cc(Cl)c(F)cc2F)n1. The quantitative estimate of drug-likeness (QED) is 0.432. The predicted octanol–water partition coefficient (Wildman–Crippen LogP) is 3.52. The van der Waals surface area contributed by atoms with Crippen LogP contribution in [0.4, 0.5) is 38.3 Å². The average molecular weight is 561 g/mol. The third-order valence-corrected chi connectivity index (χ3v) is 6.85. The number of nitrogens with zero attached hydrogens (tertiary/aromatic N) is 5. The summed E-state index contributed by atoms with van der Waals surface area (Å²) in [4.78, 5) is 36.4. The summed E-state index contributed by atoms with van der Waals surface area (Å²) >= 11 is 5.78. The molecule has 0 aliphatic carbocycles. The van der Waals surface area contributed by atoms with Crippen LogP contribution in [0.25, 0.3) is 0 Å². The van der Waals surface area contributed by atoms with Gasteiger partial charge in [0.15, 0.2) is 0 Å². The molecule has 2 saturated heterocycles. The van der Waals surface area contributed by atoms with Crippen molar-refractivity contribution < 1.29 is 31.5 Å². The van der Waals surface area contributed by atoms with Crippen LogP contribution in [-0.4, -0.2) is 85.6 Å². The van der Waals surface area contributed by atoms with Gasteiger partial charge in [0.25, 0.3) is 5.91 Å². The number of hydrogen-bond donors (Lipinski definition) is 1. The molecule has 0 bridgehead atoms. The van der Waals surface area contributed by atoms with Gasteiger partial charge in [0.05, 0.1) is 22.8 Å². The Hall–Kier alpha value is -3.03. The largest absolute Gasteiger partial charge is 0.416 e. The van der Waals surface area contributed by atoms with Crippen molar-refractivity contribution in [3.05, 3.63) is 52.2 Å². The number of aryl methyl sites for hydroxylation is 1. The molecule has 1 aromatic heterocycles. The second-order valence-corrected chi connectivity index (χ2v) is 9.58. The van der Waals surface area contributed by atoms with Crippen molar-refractivity contribution in [1.29, 1.82) is 0 Å². The number of carbonyl (C=O) groups is 2. The number of rotatable bonds is 6. The first-order chi connectivity index (χ1) is 17.9. The number of aromatic nitrogens is 1. The van der Waals surface area contributed by atoms with Gasteiger partial charge in [-0.1, -0.05) is 11.6 Å². The van der Waals surface area contributed by atoms with Gasteiger partial charge in [-0.05, 0) is 25.1 Å². The highest BCUT2D eigenvalue weighted by atomic mass is 35.5. The maximum Gasteiger partial charge on any atom is 0.416 e. The smallest absolute Gasteiger partial charge is 0.320 e. The van der Waals surface area contributed by atoms with Crippen LogP contribution in [0, 0.1) is 18.6 Å². The Morgan fingerprint density at radius 1 is 1.13 bits per heavy atom. The summed E-state index contributed by atoms with van der Waals surface area (Å²) in [6, 6.07) is 0.979. The van der Waals surface area contributed by atoms with Crippen molar-refractivity contribution in [2.45, 2.75) is 19.1 Å². The average Bonchev–Trinajstić information content (AvgIpc) is 3.19. The number of benzene rings is 1. The van der Waals surface area contributed by atoms with Gasteiger partial charge in [-0.15, -0.1) is 0 Å². The van der Waals surface area contributed by atoms with E-state index in [1.807, 2.05) is 0 Å². The zero-order valence-corrected chi connectivity index (χ0v) is 21.4. The van der Waals surface area contributed by atoms with Crippen LogP contribution in [-0.2, 0) is 11.0 Å². The Morgan fingerprint density at radius 3 is 2.47 bits per heavy atom. The van der Waals surface area contributed by atoms with Gasteiger partial charge in [-0.25, -0.2) is 18.6 Å². The van der Waals surface area contributed by atoms with E-state index >= 15 is 0 Å². The van der Waals surface area contributed by atoms with Crippen LogP contribution in [0.5, 0.6) is 0 Å². The summed E-state index contributed by atoms with van der Waals surface area (Å²) in [5.41, 5.74) is -1.37. The zero-order valence-electron chi connectivity index (χ0n) is 20.7. The number of nitrogens with one attached hydrogen (secondary N) is 1. The summed E-state index contributed by atoms with van der Waals surface area (Å²) in [5, 5.41) is 2.80. The minimum atomic E-state index is -4.71. The Balaban J connectivity index is 1.68. The van der Waals surface area contributed by atoms with E-state index in [0.717, 1.165) is 48.1 Å². The lowest BCUT2D eigenvalue weighted by atomic mass is 10.1. The van der Waals surface area contributed by atoms with Crippen molar-refractivity contribution in [2.24, 2.45) is 0 Å². The van der Waals surface area contributed by atoms with Crippen LogP contribution in [0.1, 0.15) is 11.3 Å². The monoisotopic (exact) mass is 560 g/mol. The van der Waals surface area contributed by atoms with Crippen molar-refractivity contribution >= 4 is 35.0 Å². The van der Waals surface area contributed by atoms with E-state index in [-0.39, 0.29) is 30.3 Å². The molecule has 1 N–H and O–H groups in total. The number of halogens is 6. The third kappa shape index (κ3) is 5.84. The van der Waals surface area contributed by atoms with Crippen LogP contribution in [0.3, 0.4) is 0 Å². The molecule has 0 spiro atoms. The molecule has 2 aliphatic rings. The molecule has 0 unspecified atom stereocenters. The van der Waals surface area contributed by atoms with Gasteiger partial charge in [0.1, 0.15) is 23.5 Å².